The van der Waals surface area contributed by atoms with Crippen LogP contribution in [0.15, 0.2) is 72.9 Å². The summed E-state index contributed by atoms with van der Waals surface area (Å²) in [5.74, 6) is 0. The van der Waals surface area contributed by atoms with Crippen molar-refractivity contribution in [2.24, 2.45) is 0 Å². The summed E-state index contributed by atoms with van der Waals surface area (Å²) < 4.78 is 0. The number of pyridine rings is 1. The van der Waals surface area contributed by atoms with E-state index < -0.39 is 0 Å². The molecule has 2 aromatic carbocycles. The van der Waals surface area contributed by atoms with Gasteiger partial charge in [-0.05, 0) is 24.3 Å². The van der Waals surface area contributed by atoms with E-state index in [1.54, 1.807) is 0 Å². The molecule has 3 rings (SSSR count). The lowest BCUT2D eigenvalue weighted by Gasteiger charge is -1.91. The summed E-state index contributed by atoms with van der Waals surface area (Å²) >= 11 is 0. The van der Waals surface area contributed by atoms with Crippen LogP contribution in [-0.4, -0.2) is 4.98 Å². The summed E-state index contributed by atoms with van der Waals surface area (Å²) in [6.45, 7) is 0. The van der Waals surface area contributed by atoms with Gasteiger partial charge in [0.25, 0.3) is 0 Å². The molecule has 2 nitrogen and oxygen atoms in total. The smallest absolute Gasteiger partial charge is 0.0701 e. The molecular weight excluding hydrogens is 208 g/mol. The fraction of sp³-hybridized carbons (Fsp3) is 0. The van der Waals surface area contributed by atoms with Gasteiger partial charge < -0.3 is 5.73 Å². The summed E-state index contributed by atoms with van der Waals surface area (Å²) in [7, 11) is 0. The molecule has 2 heteroatoms. The summed E-state index contributed by atoms with van der Waals surface area (Å²) in [5, 5.41) is 1.20. The van der Waals surface area contributed by atoms with Crippen LogP contribution in [0, 0.1) is 0 Å². The highest BCUT2D eigenvalue weighted by Crippen LogP contribution is 2.07. The molecule has 0 radical (unpaired) electrons. The normalized spacial score (nSPS) is 9.41. The Kier molecular flexibility index (Phi) is 3.71. The molecular formula is C15H14N2. The van der Waals surface area contributed by atoms with Crippen molar-refractivity contribution in [1.82, 2.24) is 4.98 Å². The van der Waals surface area contributed by atoms with Crippen LogP contribution < -0.4 is 5.73 Å². The van der Waals surface area contributed by atoms with Gasteiger partial charge in [-0.1, -0.05) is 42.5 Å². The van der Waals surface area contributed by atoms with E-state index in [0.29, 0.717) is 0 Å². The number of benzene rings is 2. The number of nitrogen functional groups attached to an aromatic ring is 1. The number of nitrogens with two attached hydrogens (primary N) is 1. The Morgan fingerprint density at radius 3 is 2.00 bits per heavy atom. The SMILES string of the molecule is Nc1ccccc1.c1ccc2ncccc2c1. The van der Waals surface area contributed by atoms with Crippen molar-refractivity contribution < 1.29 is 0 Å². The zero-order valence-corrected chi connectivity index (χ0v) is 9.45. The molecule has 1 aromatic heterocycles. The summed E-state index contributed by atoms with van der Waals surface area (Å²) in [4.78, 5) is 4.18. The number of nitrogens with zero attached hydrogens (tertiary/aromatic N) is 1. The molecule has 0 saturated carbocycles. The Balaban J connectivity index is 0.000000136. The van der Waals surface area contributed by atoms with Crippen LogP contribution in [-0.2, 0) is 0 Å². The Bertz CT molecular complexity index is 511. The topological polar surface area (TPSA) is 38.9 Å². The zero-order chi connectivity index (χ0) is 11.9. The highest BCUT2D eigenvalue weighted by Gasteiger charge is 1.86. The summed E-state index contributed by atoms with van der Waals surface area (Å²) in [5.41, 5.74) is 7.24. The largest absolute Gasteiger partial charge is 0.399 e. The van der Waals surface area contributed by atoms with Crippen molar-refractivity contribution in [1.29, 1.82) is 0 Å². The molecule has 0 atom stereocenters. The molecule has 3 aromatic rings. The molecule has 84 valence electrons. The Morgan fingerprint density at radius 2 is 1.35 bits per heavy atom. The van der Waals surface area contributed by atoms with Gasteiger partial charge in [0.1, 0.15) is 0 Å². The van der Waals surface area contributed by atoms with Crippen LogP contribution in [0.4, 0.5) is 5.69 Å². The second-order valence-electron chi connectivity index (χ2n) is 3.61. The average Bonchev–Trinajstić information content (AvgIpc) is 2.41. The number of hydrogen-bond acceptors (Lipinski definition) is 2. The summed E-state index contributed by atoms with van der Waals surface area (Å²) in [6, 6.07) is 21.6. The minimum Gasteiger partial charge on any atom is -0.399 e. The third-order valence-corrected chi connectivity index (χ3v) is 2.31. The van der Waals surface area contributed by atoms with E-state index >= 15 is 0 Å². The minimum absolute atomic E-state index is 0.822. The predicted octanol–water partition coefficient (Wildman–Crippen LogP) is 3.50. The van der Waals surface area contributed by atoms with Crippen molar-refractivity contribution in [2.75, 3.05) is 5.73 Å². The molecule has 0 aliphatic rings. The Labute approximate surface area is 101 Å². The number of aromatic nitrogens is 1. The molecule has 0 bridgehead atoms. The van der Waals surface area contributed by atoms with Crippen LogP contribution in [0.1, 0.15) is 0 Å². The molecule has 0 fully saturated rings. The van der Waals surface area contributed by atoms with Gasteiger partial charge in [0.2, 0.25) is 0 Å². The fourth-order valence-electron chi connectivity index (χ4n) is 1.47. The number of hydrogen-bond donors (Lipinski definition) is 1. The first-order valence-corrected chi connectivity index (χ1v) is 5.46. The molecule has 0 saturated heterocycles. The molecule has 1 heterocycles. The van der Waals surface area contributed by atoms with Gasteiger partial charge in [-0.3, -0.25) is 4.98 Å². The van der Waals surface area contributed by atoms with E-state index in [2.05, 4.69) is 17.1 Å². The highest BCUT2D eigenvalue weighted by molar-refractivity contribution is 5.77. The molecule has 0 amide bonds. The van der Waals surface area contributed by atoms with E-state index in [4.69, 9.17) is 5.73 Å². The monoisotopic (exact) mass is 222 g/mol. The maximum atomic E-state index is 5.36. The molecule has 17 heavy (non-hydrogen) atoms. The van der Waals surface area contributed by atoms with Gasteiger partial charge in [-0.2, -0.15) is 0 Å². The van der Waals surface area contributed by atoms with Crippen LogP contribution in [0.2, 0.25) is 0 Å². The van der Waals surface area contributed by atoms with E-state index in [0.717, 1.165) is 11.2 Å². The molecule has 0 spiro atoms. The first-order valence-electron chi connectivity index (χ1n) is 5.46. The number of rotatable bonds is 0. The lowest BCUT2D eigenvalue weighted by atomic mass is 10.2. The second kappa shape index (κ2) is 5.66. The van der Waals surface area contributed by atoms with Crippen molar-refractivity contribution >= 4 is 16.6 Å². The summed E-state index contributed by atoms with van der Waals surface area (Å²) in [6.07, 6.45) is 1.81. The number of fused-ring (bicyclic) bond motifs is 1. The predicted molar refractivity (Wildman–Crippen MR) is 72.6 cm³/mol. The molecule has 0 aliphatic heterocycles. The van der Waals surface area contributed by atoms with Crippen molar-refractivity contribution in [2.45, 2.75) is 0 Å². The van der Waals surface area contributed by atoms with Crippen LogP contribution in [0.25, 0.3) is 10.9 Å². The van der Waals surface area contributed by atoms with Gasteiger partial charge in [-0.25, -0.2) is 0 Å². The average molecular weight is 222 g/mol. The quantitative estimate of drug-likeness (QED) is 0.591. The lowest BCUT2D eigenvalue weighted by molar-refractivity contribution is 1.41. The number of anilines is 1. The van der Waals surface area contributed by atoms with E-state index in [-0.39, 0.29) is 0 Å². The maximum Gasteiger partial charge on any atom is 0.0701 e. The Morgan fingerprint density at radius 1 is 0.706 bits per heavy atom. The van der Waals surface area contributed by atoms with Crippen LogP contribution >= 0.6 is 0 Å². The standard InChI is InChI=1S/C9H7N.C6H7N/c1-2-6-9-8(4-1)5-3-7-10-9;7-6-4-2-1-3-5-6/h1-7H;1-5H,7H2. The van der Waals surface area contributed by atoms with Crippen molar-refractivity contribution in [3.63, 3.8) is 0 Å². The van der Waals surface area contributed by atoms with Gasteiger partial charge in [0.15, 0.2) is 0 Å². The number of para-hydroxylation sites is 2. The van der Waals surface area contributed by atoms with Gasteiger partial charge in [0, 0.05) is 17.3 Å². The lowest BCUT2D eigenvalue weighted by Crippen LogP contribution is -1.79. The van der Waals surface area contributed by atoms with Crippen LogP contribution in [0.5, 0.6) is 0 Å². The van der Waals surface area contributed by atoms with E-state index in [1.807, 2.05) is 60.8 Å². The second-order valence-corrected chi connectivity index (χ2v) is 3.61. The van der Waals surface area contributed by atoms with Gasteiger partial charge >= 0.3 is 0 Å². The van der Waals surface area contributed by atoms with Gasteiger partial charge in [0.05, 0.1) is 5.52 Å². The molecule has 0 aliphatic carbocycles. The minimum atomic E-state index is 0.822. The molecule has 0 unspecified atom stereocenters. The van der Waals surface area contributed by atoms with E-state index in [9.17, 15) is 0 Å². The zero-order valence-electron chi connectivity index (χ0n) is 9.45. The third-order valence-electron chi connectivity index (χ3n) is 2.31. The van der Waals surface area contributed by atoms with Gasteiger partial charge in [-0.15, -0.1) is 0 Å². The third kappa shape index (κ3) is 3.31. The van der Waals surface area contributed by atoms with E-state index in [1.165, 1.54) is 5.39 Å². The maximum absolute atomic E-state index is 5.36. The first-order chi connectivity index (χ1) is 8.36. The first kappa shape index (κ1) is 11.1. The molecule has 2 N–H and O–H groups in total. The van der Waals surface area contributed by atoms with Crippen molar-refractivity contribution in [3.05, 3.63) is 72.9 Å². The van der Waals surface area contributed by atoms with Crippen molar-refractivity contribution in [3.8, 4) is 0 Å². The van der Waals surface area contributed by atoms with Crippen LogP contribution in [0.3, 0.4) is 0 Å². The highest BCUT2D eigenvalue weighted by atomic mass is 14.6. The Hall–Kier alpha value is -2.35. The fourth-order valence-corrected chi connectivity index (χ4v) is 1.47.